The fraction of sp³-hybridized carbons (Fsp3) is 1.00. The predicted octanol–water partition coefficient (Wildman–Crippen LogP) is 0.363. The number of hydrogen-bond acceptors (Lipinski definition) is 4. The van der Waals surface area contributed by atoms with Crippen molar-refractivity contribution in [2.75, 3.05) is 12.3 Å². The number of nitrogens with one attached hydrogen (secondary N) is 1. The molecule has 0 aromatic heterocycles. The molecule has 6 heteroatoms. The summed E-state index contributed by atoms with van der Waals surface area (Å²) < 4.78 is 29.0. The summed E-state index contributed by atoms with van der Waals surface area (Å²) in [6, 6.07) is 0. The van der Waals surface area contributed by atoms with Crippen molar-refractivity contribution in [2.45, 2.75) is 38.8 Å². The lowest BCUT2D eigenvalue weighted by atomic mass is 10.2. The molecular formula is C8H19NO4S. The van der Waals surface area contributed by atoms with E-state index in [1.807, 2.05) is 6.92 Å². The summed E-state index contributed by atoms with van der Waals surface area (Å²) in [5, 5.41) is 12.1. The molecule has 86 valence electrons. The standard InChI is InChI=1S/C8H19NO4S/c1-2-3-5-8(10)9-6-4-7-14(11,12)13/h8-10H,2-7H2,1H3,(H,11,12,13). The van der Waals surface area contributed by atoms with E-state index in [-0.39, 0.29) is 5.75 Å². The smallest absolute Gasteiger partial charge is 0.264 e. The highest BCUT2D eigenvalue weighted by atomic mass is 32.2. The number of rotatable bonds is 8. The first kappa shape index (κ1) is 13.8. The second-order valence-corrected chi connectivity index (χ2v) is 4.82. The zero-order valence-corrected chi connectivity index (χ0v) is 9.26. The van der Waals surface area contributed by atoms with Gasteiger partial charge in [0.1, 0.15) is 6.23 Å². The molecule has 0 aliphatic heterocycles. The van der Waals surface area contributed by atoms with E-state index in [0.717, 1.165) is 12.8 Å². The van der Waals surface area contributed by atoms with Gasteiger partial charge in [-0.25, -0.2) is 0 Å². The van der Waals surface area contributed by atoms with Gasteiger partial charge >= 0.3 is 0 Å². The number of unbranched alkanes of at least 4 members (excludes halogenated alkanes) is 1. The summed E-state index contributed by atoms with van der Waals surface area (Å²) >= 11 is 0. The van der Waals surface area contributed by atoms with Gasteiger partial charge < -0.3 is 5.11 Å². The molecule has 5 nitrogen and oxygen atoms in total. The highest BCUT2D eigenvalue weighted by Crippen LogP contribution is 1.97. The SMILES string of the molecule is CCCCC(O)NCCCS(=O)(=O)O. The van der Waals surface area contributed by atoms with Crippen LogP contribution in [0.2, 0.25) is 0 Å². The van der Waals surface area contributed by atoms with Gasteiger partial charge in [-0.1, -0.05) is 13.3 Å². The van der Waals surface area contributed by atoms with Crippen molar-refractivity contribution in [1.29, 1.82) is 0 Å². The first-order valence-electron chi connectivity index (χ1n) is 4.82. The minimum atomic E-state index is -3.86. The molecule has 0 aliphatic carbocycles. The quantitative estimate of drug-likeness (QED) is 0.315. The van der Waals surface area contributed by atoms with Crippen LogP contribution in [0.3, 0.4) is 0 Å². The van der Waals surface area contributed by atoms with Gasteiger partial charge in [-0.15, -0.1) is 0 Å². The molecule has 0 aromatic rings. The van der Waals surface area contributed by atoms with Crippen LogP contribution in [0, 0.1) is 0 Å². The highest BCUT2D eigenvalue weighted by Gasteiger charge is 2.05. The Balaban J connectivity index is 3.36. The Hall–Kier alpha value is -0.170. The van der Waals surface area contributed by atoms with Gasteiger partial charge in [-0.05, 0) is 25.8 Å². The molecule has 0 spiro atoms. The van der Waals surface area contributed by atoms with Crippen molar-refractivity contribution >= 4 is 10.1 Å². The van der Waals surface area contributed by atoms with Crippen LogP contribution in [-0.2, 0) is 10.1 Å². The largest absolute Gasteiger partial charge is 0.379 e. The van der Waals surface area contributed by atoms with Crippen LogP contribution < -0.4 is 5.32 Å². The zero-order valence-electron chi connectivity index (χ0n) is 8.44. The van der Waals surface area contributed by atoms with E-state index in [0.29, 0.717) is 19.4 Å². The Bertz CT molecular complexity index is 227. The molecule has 0 aromatic carbocycles. The molecule has 1 unspecified atom stereocenters. The zero-order chi connectivity index (χ0) is 11.0. The average molecular weight is 225 g/mol. The van der Waals surface area contributed by atoms with E-state index >= 15 is 0 Å². The lowest BCUT2D eigenvalue weighted by molar-refractivity contribution is 0.125. The van der Waals surface area contributed by atoms with Gasteiger partial charge in [0.15, 0.2) is 0 Å². The number of hydrogen-bond donors (Lipinski definition) is 3. The number of aliphatic hydroxyl groups is 1. The van der Waals surface area contributed by atoms with Crippen LogP contribution in [0.15, 0.2) is 0 Å². The Labute approximate surface area is 85.3 Å². The van der Waals surface area contributed by atoms with Gasteiger partial charge in [0.05, 0.1) is 5.75 Å². The van der Waals surface area contributed by atoms with Crippen molar-refractivity contribution < 1.29 is 18.1 Å². The van der Waals surface area contributed by atoms with E-state index in [4.69, 9.17) is 4.55 Å². The molecule has 0 fully saturated rings. The monoisotopic (exact) mass is 225 g/mol. The highest BCUT2D eigenvalue weighted by molar-refractivity contribution is 7.85. The van der Waals surface area contributed by atoms with Crippen LogP contribution in [0.5, 0.6) is 0 Å². The predicted molar refractivity (Wildman–Crippen MR) is 54.6 cm³/mol. The van der Waals surface area contributed by atoms with E-state index in [1.54, 1.807) is 0 Å². The summed E-state index contributed by atoms with van der Waals surface area (Å²) in [4.78, 5) is 0. The lowest BCUT2D eigenvalue weighted by Gasteiger charge is -2.11. The van der Waals surface area contributed by atoms with Gasteiger partial charge in [-0.2, -0.15) is 8.42 Å². The van der Waals surface area contributed by atoms with Crippen LogP contribution in [0.25, 0.3) is 0 Å². The summed E-state index contributed by atoms with van der Waals surface area (Å²) in [6.45, 7) is 2.43. The summed E-state index contributed by atoms with van der Waals surface area (Å²) in [6.07, 6.45) is 2.36. The van der Waals surface area contributed by atoms with Crippen molar-refractivity contribution in [3.05, 3.63) is 0 Å². The molecule has 0 radical (unpaired) electrons. The lowest BCUT2D eigenvalue weighted by Crippen LogP contribution is -2.30. The molecule has 0 aliphatic rings. The Kier molecular flexibility index (Phi) is 7.08. The molecule has 0 rings (SSSR count). The van der Waals surface area contributed by atoms with E-state index in [2.05, 4.69) is 5.32 Å². The third kappa shape index (κ3) is 9.91. The first-order chi connectivity index (χ1) is 6.45. The third-order valence-electron chi connectivity index (χ3n) is 1.79. The van der Waals surface area contributed by atoms with E-state index in [1.165, 1.54) is 0 Å². The van der Waals surface area contributed by atoms with Crippen molar-refractivity contribution in [1.82, 2.24) is 5.32 Å². The maximum atomic E-state index is 10.3. The van der Waals surface area contributed by atoms with Crippen LogP contribution >= 0.6 is 0 Å². The molecule has 0 amide bonds. The van der Waals surface area contributed by atoms with Gasteiger partial charge in [0.25, 0.3) is 10.1 Å². The van der Waals surface area contributed by atoms with Crippen molar-refractivity contribution in [3.8, 4) is 0 Å². The molecular weight excluding hydrogens is 206 g/mol. The Morgan fingerprint density at radius 1 is 1.36 bits per heavy atom. The summed E-state index contributed by atoms with van der Waals surface area (Å²) in [5.41, 5.74) is 0. The molecule has 3 N–H and O–H groups in total. The van der Waals surface area contributed by atoms with Crippen LogP contribution in [-0.4, -0.2) is 36.6 Å². The van der Waals surface area contributed by atoms with Crippen molar-refractivity contribution in [2.24, 2.45) is 0 Å². The average Bonchev–Trinajstić information content (AvgIpc) is 2.07. The maximum Gasteiger partial charge on any atom is 0.264 e. The first-order valence-corrected chi connectivity index (χ1v) is 6.43. The van der Waals surface area contributed by atoms with Crippen molar-refractivity contribution in [3.63, 3.8) is 0 Å². The molecule has 14 heavy (non-hydrogen) atoms. The molecule has 0 saturated carbocycles. The van der Waals surface area contributed by atoms with Gasteiger partial charge in [0, 0.05) is 0 Å². The topological polar surface area (TPSA) is 86.6 Å². The van der Waals surface area contributed by atoms with E-state index < -0.39 is 16.3 Å². The Morgan fingerprint density at radius 3 is 2.50 bits per heavy atom. The normalized spacial score (nSPS) is 14.2. The maximum absolute atomic E-state index is 10.3. The van der Waals surface area contributed by atoms with Crippen LogP contribution in [0.1, 0.15) is 32.6 Å². The summed E-state index contributed by atoms with van der Waals surface area (Å²) in [5.74, 6) is -0.263. The third-order valence-corrected chi connectivity index (χ3v) is 2.59. The second kappa shape index (κ2) is 7.17. The van der Waals surface area contributed by atoms with Crippen LogP contribution in [0.4, 0.5) is 0 Å². The molecule has 0 bridgehead atoms. The minimum absolute atomic E-state index is 0.263. The van der Waals surface area contributed by atoms with Gasteiger partial charge in [0.2, 0.25) is 0 Å². The molecule has 0 heterocycles. The number of aliphatic hydroxyl groups excluding tert-OH is 1. The molecule has 1 atom stereocenters. The van der Waals surface area contributed by atoms with E-state index in [9.17, 15) is 13.5 Å². The fourth-order valence-electron chi connectivity index (χ4n) is 1.02. The second-order valence-electron chi connectivity index (χ2n) is 3.25. The van der Waals surface area contributed by atoms with Gasteiger partial charge in [-0.3, -0.25) is 9.87 Å². The summed E-state index contributed by atoms with van der Waals surface area (Å²) in [7, 11) is -3.86. The molecule has 0 saturated heterocycles. The fourth-order valence-corrected chi connectivity index (χ4v) is 1.53. The Morgan fingerprint density at radius 2 is 2.00 bits per heavy atom. The minimum Gasteiger partial charge on any atom is -0.379 e.